The van der Waals surface area contributed by atoms with Crippen molar-refractivity contribution in [3.63, 3.8) is 0 Å². The first-order chi connectivity index (χ1) is 11.3. The zero-order chi connectivity index (χ0) is 16.1. The lowest BCUT2D eigenvalue weighted by molar-refractivity contribution is -0.136. The van der Waals surface area contributed by atoms with E-state index in [9.17, 15) is 4.79 Å². The lowest BCUT2D eigenvalue weighted by atomic mass is 9.95. The van der Waals surface area contributed by atoms with E-state index in [1.54, 1.807) is 0 Å². The largest absolute Gasteiger partial charge is 0.355 e. The summed E-state index contributed by atoms with van der Waals surface area (Å²) in [4.78, 5) is 25.5. The van der Waals surface area contributed by atoms with Crippen molar-refractivity contribution < 1.29 is 4.79 Å². The molecule has 1 aromatic heterocycles. The molecule has 126 valence electrons. The van der Waals surface area contributed by atoms with Gasteiger partial charge < -0.3 is 10.2 Å². The second-order valence-electron chi connectivity index (χ2n) is 6.53. The summed E-state index contributed by atoms with van der Waals surface area (Å²) in [5.74, 6) is 1.31. The van der Waals surface area contributed by atoms with Crippen LogP contribution in [0.15, 0.2) is 12.4 Å². The minimum atomic E-state index is 0.233. The Morgan fingerprint density at radius 2 is 1.83 bits per heavy atom. The first-order valence-electron chi connectivity index (χ1n) is 8.82. The van der Waals surface area contributed by atoms with E-state index >= 15 is 0 Å². The van der Waals surface area contributed by atoms with Crippen LogP contribution in [0.1, 0.15) is 38.2 Å². The van der Waals surface area contributed by atoms with Gasteiger partial charge in [0, 0.05) is 50.1 Å². The molecule has 3 rings (SSSR count). The summed E-state index contributed by atoms with van der Waals surface area (Å²) in [6, 6.07) is 0. The van der Waals surface area contributed by atoms with Crippen molar-refractivity contribution in [2.45, 2.75) is 39.2 Å². The zero-order valence-corrected chi connectivity index (χ0v) is 14.0. The van der Waals surface area contributed by atoms with Crippen molar-refractivity contribution in [2.24, 2.45) is 5.92 Å². The maximum absolute atomic E-state index is 12.4. The van der Waals surface area contributed by atoms with E-state index in [1.165, 1.54) is 12.8 Å². The number of hydrogen-bond donors (Lipinski definition) is 1. The molecular weight excluding hydrogens is 290 g/mol. The number of anilines is 1. The van der Waals surface area contributed by atoms with Crippen LogP contribution in [0.4, 0.5) is 5.95 Å². The predicted molar refractivity (Wildman–Crippen MR) is 90.0 cm³/mol. The monoisotopic (exact) mass is 317 g/mol. The summed E-state index contributed by atoms with van der Waals surface area (Å²) >= 11 is 0. The van der Waals surface area contributed by atoms with Gasteiger partial charge in [0.1, 0.15) is 0 Å². The van der Waals surface area contributed by atoms with Gasteiger partial charge >= 0.3 is 0 Å². The van der Waals surface area contributed by atoms with Crippen LogP contribution < -0.4 is 5.32 Å². The molecule has 23 heavy (non-hydrogen) atoms. The van der Waals surface area contributed by atoms with Crippen LogP contribution in [0.3, 0.4) is 0 Å². The Morgan fingerprint density at radius 3 is 2.43 bits per heavy atom. The molecule has 2 aliphatic rings. The van der Waals surface area contributed by atoms with E-state index in [0.717, 1.165) is 57.7 Å². The van der Waals surface area contributed by atoms with Crippen molar-refractivity contribution in [1.29, 1.82) is 0 Å². The first-order valence-corrected chi connectivity index (χ1v) is 8.82. The lowest BCUT2D eigenvalue weighted by Crippen LogP contribution is -2.41. The number of nitrogens with one attached hydrogen (secondary N) is 1. The van der Waals surface area contributed by atoms with Gasteiger partial charge in [-0.2, -0.15) is 0 Å². The molecule has 0 bridgehead atoms. The summed E-state index contributed by atoms with van der Waals surface area (Å²) in [5, 5.41) is 3.11. The number of piperidine rings is 1. The van der Waals surface area contributed by atoms with E-state index in [0.29, 0.717) is 11.9 Å². The van der Waals surface area contributed by atoms with Gasteiger partial charge in [0.15, 0.2) is 0 Å². The number of amides is 1. The molecule has 6 heteroatoms. The minimum absolute atomic E-state index is 0.233. The second-order valence-corrected chi connectivity index (χ2v) is 6.53. The first kappa shape index (κ1) is 16.2. The molecule has 0 atom stereocenters. The third kappa shape index (κ3) is 4.19. The molecule has 6 nitrogen and oxygen atoms in total. The molecule has 0 unspecified atom stereocenters. The van der Waals surface area contributed by atoms with E-state index < -0.39 is 0 Å². The van der Waals surface area contributed by atoms with Gasteiger partial charge in [-0.15, -0.1) is 0 Å². The highest BCUT2D eigenvalue weighted by Gasteiger charge is 2.29. The van der Waals surface area contributed by atoms with Gasteiger partial charge in [-0.1, -0.05) is 0 Å². The van der Waals surface area contributed by atoms with Gasteiger partial charge in [-0.25, -0.2) is 9.97 Å². The van der Waals surface area contributed by atoms with Crippen LogP contribution >= 0.6 is 0 Å². The quantitative estimate of drug-likeness (QED) is 0.896. The molecular formula is C17H27N5O. The smallest absolute Gasteiger partial charge is 0.225 e. The Hall–Kier alpha value is -1.69. The fourth-order valence-corrected chi connectivity index (χ4v) is 3.48. The molecule has 0 aliphatic carbocycles. The van der Waals surface area contributed by atoms with Gasteiger partial charge in [0.2, 0.25) is 11.9 Å². The van der Waals surface area contributed by atoms with E-state index in [1.807, 2.05) is 19.3 Å². The zero-order valence-electron chi connectivity index (χ0n) is 14.0. The number of likely N-dealkylation sites (tertiary alicyclic amines) is 2. The second kappa shape index (κ2) is 7.73. The van der Waals surface area contributed by atoms with Crippen LogP contribution in [0.25, 0.3) is 0 Å². The summed E-state index contributed by atoms with van der Waals surface area (Å²) in [6.45, 7) is 7.64. The fraction of sp³-hybridized carbons (Fsp3) is 0.706. The molecule has 0 saturated carbocycles. The Balaban J connectivity index is 1.46. The Morgan fingerprint density at radius 1 is 1.17 bits per heavy atom. The van der Waals surface area contributed by atoms with Gasteiger partial charge in [0.05, 0.1) is 0 Å². The van der Waals surface area contributed by atoms with Gasteiger partial charge in [-0.3, -0.25) is 9.69 Å². The summed E-state index contributed by atoms with van der Waals surface area (Å²) < 4.78 is 0. The molecule has 2 fully saturated rings. The van der Waals surface area contributed by atoms with Crippen LogP contribution in [-0.4, -0.2) is 58.4 Å². The average molecular weight is 317 g/mol. The van der Waals surface area contributed by atoms with Crippen molar-refractivity contribution in [2.75, 3.05) is 38.0 Å². The highest BCUT2D eigenvalue weighted by molar-refractivity contribution is 5.79. The Kier molecular flexibility index (Phi) is 5.43. The van der Waals surface area contributed by atoms with Crippen molar-refractivity contribution in [3.05, 3.63) is 18.0 Å². The molecule has 2 saturated heterocycles. The average Bonchev–Trinajstić information content (AvgIpc) is 3.11. The van der Waals surface area contributed by atoms with Crippen LogP contribution in [0.5, 0.6) is 0 Å². The number of nitrogens with zero attached hydrogens (tertiary/aromatic N) is 4. The molecule has 1 N–H and O–H groups in total. The van der Waals surface area contributed by atoms with Crippen LogP contribution in [0.2, 0.25) is 0 Å². The lowest BCUT2D eigenvalue weighted by Gasteiger charge is -2.33. The van der Waals surface area contributed by atoms with Crippen molar-refractivity contribution in [1.82, 2.24) is 19.8 Å². The number of carbonyl (C=O) groups excluding carboxylic acids is 1. The molecule has 0 radical (unpaired) electrons. The fourth-order valence-electron chi connectivity index (χ4n) is 3.48. The van der Waals surface area contributed by atoms with Crippen LogP contribution in [0, 0.1) is 5.92 Å². The third-order valence-corrected chi connectivity index (χ3v) is 4.80. The highest BCUT2D eigenvalue weighted by Crippen LogP contribution is 2.23. The number of aromatic nitrogens is 2. The molecule has 2 aliphatic heterocycles. The summed E-state index contributed by atoms with van der Waals surface area (Å²) in [5.41, 5.74) is 1.14. The molecule has 0 spiro atoms. The number of carbonyl (C=O) groups is 1. The third-order valence-electron chi connectivity index (χ3n) is 4.80. The molecule has 1 amide bonds. The minimum Gasteiger partial charge on any atom is -0.355 e. The highest BCUT2D eigenvalue weighted by atomic mass is 16.2. The van der Waals surface area contributed by atoms with Crippen LogP contribution in [-0.2, 0) is 11.3 Å². The number of rotatable bonds is 5. The van der Waals surface area contributed by atoms with Gasteiger partial charge in [0.25, 0.3) is 0 Å². The number of hydrogen-bond acceptors (Lipinski definition) is 5. The normalized spacial score (nSPS) is 20.0. The summed E-state index contributed by atoms with van der Waals surface area (Å²) in [7, 11) is 0. The van der Waals surface area contributed by atoms with E-state index in [2.05, 4.69) is 25.1 Å². The molecule has 3 heterocycles. The Bertz CT molecular complexity index is 504. The molecule has 0 aromatic carbocycles. The topological polar surface area (TPSA) is 61.4 Å². The van der Waals surface area contributed by atoms with Gasteiger partial charge in [-0.05, 0) is 45.7 Å². The Labute approximate surface area is 138 Å². The maximum Gasteiger partial charge on any atom is 0.225 e. The maximum atomic E-state index is 12.4. The standard InChI is InChI=1S/C17H27N5O/c1-2-18-17-19-11-14(12-20-17)13-21-9-5-15(6-10-21)16(23)22-7-3-4-8-22/h11-12,15H,2-10,13H2,1H3,(H,18,19,20). The predicted octanol–water partition coefficient (Wildman–Crippen LogP) is 1.74. The van der Waals surface area contributed by atoms with E-state index in [4.69, 9.17) is 0 Å². The summed E-state index contributed by atoms with van der Waals surface area (Å²) in [6.07, 6.45) is 8.09. The van der Waals surface area contributed by atoms with E-state index in [-0.39, 0.29) is 5.92 Å². The van der Waals surface area contributed by atoms with Crippen molar-refractivity contribution >= 4 is 11.9 Å². The van der Waals surface area contributed by atoms with Crippen molar-refractivity contribution in [3.8, 4) is 0 Å². The SMILES string of the molecule is CCNc1ncc(CN2CCC(C(=O)N3CCCC3)CC2)cn1. The molecule has 1 aromatic rings.